The molecule has 0 fully saturated rings. The lowest BCUT2D eigenvalue weighted by atomic mass is 9.71. The lowest BCUT2D eigenvalue weighted by Crippen LogP contribution is -2.42. The van der Waals surface area contributed by atoms with Gasteiger partial charge in [-0.05, 0) is 68.7 Å². The fourth-order valence-electron chi connectivity index (χ4n) is 3.88. The van der Waals surface area contributed by atoms with E-state index in [1.165, 1.54) is 0 Å². The number of benzene rings is 1. The summed E-state index contributed by atoms with van der Waals surface area (Å²) < 4.78 is 5.38. The zero-order valence-corrected chi connectivity index (χ0v) is 22.5. The number of aryl methyl sites for hydroxylation is 1. The summed E-state index contributed by atoms with van der Waals surface area (Å²) in [4.78, 5) is 26.1. The van der Waals surface area contributed by atoms with Gasteiger partial charge in [-0.25, -0.2) is 4.79 Å². The molecule has 1 amide bonds. The van der Waals surface area contributed by atoms with Crippen molar-refractivity contribution in [3.63, 3.8) is 0 Å². The minimum atomic E-state index is -0.968. The van der Waals surface area contributed by atoms with Gasteiger partial charge in [-0.3, -0.25) is 4.79 Å². The molecule has 0 saturated carbocycles. The Hall–Kier alpha value is -1.66. The van der Waals surface area contributed by atoms with Gasteiger partial charge < -0.3 is 20.1 Å². The minimum Gasteiger partial charge on any atom is -0.481 e. The maximum Gasteiger partial charge on any atom is 0.407 e. The third kappa shape index (κ3) is 10.4. The van der Waals surface area contributed by atoms with Gasteiger partial charge in [0, 0.05) is 36.6 Å². The molecule has 33 heavy (non-hydrogen) atoms. The number of ether oxygens (including phenoxy) is 1. The second kappa shape index (κ2) is 12.7. The van der Waals surface area contributed by atoms with Crippen molar-refractivity contribution in [1.29, 1.82) is 0 Å². The molecular weight excluding hydrogens is 463 g/mol. The van der Waals surface area contributed by atoms with Crippen molar-refractivity contribution < 1.29 is 19.4 Å². The zero-order valence-electron chi connectivity index (χ0n) is 21.0. The Balaban J connectivity index is 3.33. The topological polar surface area (TPSA) is 78.9 Å². The lowest BCUT2D eigenvalue weighted by Gasteiger charge is -2.36. The Labute approximate surface area is 209 Å². The van der Waals surface area contributed by atoms with Gasteiger partial charge in [0.1, 0.15) is 5.60 Å². The van der Waals surface area contributed by atoms with E-state index in [0.29, 0.717) is 31.3 Å². The molecule has 188 valence electrons. The third-order valence-corrected chi connectivity index (χ3v) is 5.76. The van der Waals surface area contributed by atoms with Gasteiger partial charge in [0.2, 0.25) is 0 Å². The van der Waals surface area contributed by atoms with E-state index in [4.69, 9.17) is 27.9 Å². The molecule has 0 aliphatic carbocycles. The highest BCUT2D eigenvalue weighted by molar-refractivity contribution is 6.18. The van der Waals surface area contributed by atoms with E-state index in [1.807, 2.05) is 0 Å². The van der Waals surface area contributed by atoms with Crippen LogP contribution in [0, 0.1) is 12.3 Å². The number of alkyl halides is 2. The number of carboxylic acid groups (broad SMARTS) is 1. The summed E-state index contributed by atoms with van der Waals surface area (Å²) in [6.45, 7) is 15.1. The maximum atomic E-state index is 12.4. The van der Waals surface area contributed by atoms with Crippen LogP contribution in [0.5, 0.6) is 0 Å². The summed E-state index contributed by atoms with van der Waals surface area (Å²) in [5.74, 6) is 0.00207. The molecule has 0 spiro atoms. The first-order chi connectivity index (χ1) is 15.2. The summed E-state index contributed by atoms with van der Waals surface area (Å²) in [5.41, 5.74) is 2.42. The highest BCUT2D eigenvalue weighted by Crippen LogP contribution is 2.41. The highest BCUT2D eigenvalue weighted by atomic mass is 35.5. The van der Waals surface area contributed by atoms with Crippen LogP contribution in [0.25, 0.3) is 0 Å². The normalized spacial score (nSPS) is 13.8. The predicted molar refractivity (Wildman–Crippen MR) is 137 cm³/mol. The van der Waals surface area contributed by atoms with Crippen molar-refractivity contribution in [3.8, 4) is 0 Å². The molecule has 6 nitrogen and oxygen atoms in total. The molecule has 2 atom stereocenters. The number of nitrogens with one attached hydrogen (secondary N) is 1. The predicted octanol–water partition coefficient (Wildman–Crippen LogP) is 6.17. The van der Waals surface area contributed by atoms with Gasteiger partial charge >= 0.3 is 12.1 Å². The van der Waals surface area contributed by atoms with Crippen molar-refractivity contribution in [1.82, 2.24) is 5.32 Å². The summed E-state index contributed by atoms with van der Waals surface area (Å²) in [5, 5.41) is 12.3. The number of rotatable bonds is 11. The number of hydrogen-bond donors (Lipinski definition) is 2. The number of hydrogen-bond acceptors (Lipinski definition) is 4. The summed E-state index contributed by atoms with van der Waals surface area (Å²) in [7, 11) is 0. The number of carbonyl (C=O) groups is 2. The number of carbonyl (C=O) groups excluding carboxylic acids is 1. The van der Waals surface area contributed by atoms with Crippen molar-refractivity contribution in [3.05, 3.63) is 29.3 Å². The number of halogens is 2. The molecule has 1 aromatic carbocycles. The molecule has 1 aromatic rings. The van der Waals surface area contributed by atoms with Crippen LogP contribution in [-0.2, 0) is 9.53 Å². The van der Waals surface area contributed by atoms with E-state index in [1.54, 1.807) is 20.8 Å². The third-order valence-electron chi connectivity index (χ3n) is 5.42. The molecule has 1 rings (SSSR count). The van der Waals surface area contributed by atoms with Crippen LogP contribution in [0.2, 0.25) is 0 Å². The van der Waals surface area contributed by atoms with Crippen LogP contribution in [0.15, 0.2) is 18.2 Å². The van der Waals surface area contributed by atoms with Crippen molar-refractivity contribution in [2.45, 2.75) is 78.9 Å². The molecular formula is C25H40Cl2N2O4. The van der Waals surface area contributed by atoms with E-state index in [-0.39, 0.29) is 17.8 Å². The van der Waals surface area contributed by atoms with E-state index < -0.39 is 23.7 Å². The Morgan fingerprint density at radius 1 is 1.09 bits per heavy atom. The zero-order chi connectivity index (χ0) is 25.4. The van der Waals surface area contributed by atoms with Crippen molar-refractivity contribution >= 4 is 41.0 Å². The Bertz CT molecular complexity index is 782. The van der Waals surface area contributed by atoms with Gasteiger partial charge in [-0.15, -0.1) is 23.2 Å². The number of alkyl carbamates (subject to hydrolysis) is 1. The highest BCUT2D eigenvalue weighted by Gasteiger charge is 2.32. The molecule has 0 heterocycles. The molecule has 2 N–H and O–H groups in total. The standard InChI is InChI=1S/C25H40Cl2N2O4/c1-17-8-9-19(29(12-10-26)13-11-27)16-20(17)21(24(2,3)4)14-18(15-22(30)31)28-23(32)33-25(5,6)7/h8-9,16,18,21H,10-15H2,1-7H3,(H,28,32)(H,30,31)/t18-,21?/m1/s1. The second-order valence-electron chi connectivity index (χ2n) is 10.5. The molecule has 0 bridgehead atoms. The first kappa shape index (κ1) is 29.4. The average molecular weight is 504 g/mol. The quantitative estimate of drug-likeness (QED) is 0.353. The Kier molecular flexibility index (Phi) is 11.3. The number of nitrogens with zero attached hydrogens (tertiary/aromatic N) is 1. The van der Waals surface area contributed by atoms with E-state index in [2.05, 4.69) is 56.1 Å². The first-order valence-electron chi connectivity index (χ1n) is 11.4. The van der Waals surface area contributed by atoms with Gasteiger partial charge in [0.15, 0.2) is 0 Å². The number of aliphatic carboxylic acids is 1. The molecule has 0 radical (unpaired) electrons. The Morgan fingerprint density at radius 3 is 2.12 bits per heavy atom. The van der Waals surface area contributed by atoms with Crippen LogP contribution in [0.4, 0.5) is 10.5 Å². The minimum absolute atomic E-state index is 0.00871. The van der Waals surface area contributed by atoms with E-state index >= 15 is 0 Å². The summed E-state index contributed by atoms with van der Waals surface area (Å²) in [6.07, 6.45) is -0.332. The average Bonchev–Trinajstić information content (AvgIpc) is 2.63. The van der Waals surface area contributed by atoms with E-state index in [0.717, 1.165) is 16.8 Å². The summed E-state index contributed by atoms with van der Waals surface area (Å²) >= 11 is 12.0. The number of amides is 1. The van der Waals surface area contributed by atoms with Gasteiger partial charge in [-0.2, -0.15) is 0 Å². The van der Waals surface area contributed by atoms with E-state index in [9.17, 15) is 14.7 Å². The second-order valence-corrected chi connectivity index (χ2v) is 11.3. The van der Waals surface area contributed by atoms with Crippen LogP contribution >= 0.6 is 23.2 Å². The van der Waals surface area contributed by atoms with Gasteiger partial charge in [-0.1, -0.05) is 26.8 Å². The van der Waals surface area contributed by atoms with Gasteiger partial charge in [0.25, 0.3) is 0 Å². The number of anilines is 1. The molecule has 0 saturated heterocycles. The first-order valence-corrected chi connectivity index (χ1v) is 12.4. The monoisotopic (exact) mass is 502 g/mol. The van der Waals surface area contributed by atoms with Crippen LogP contribution < -0.4 is 10.2 Å². The molecule has 0 aliphatic rings. The van der Waals surface area contributed by atoms with Gasteiger partial charge in [0.05, 0.1) is 6.42 Å². The smallest absolute Gasteiger partial charge is 0.407 e. The lowest BCUT2D eigenvalue weighted by molar-refractivity contribution is -0.137. The SMILES string of the molecule is Cc1ccc(N(CCCl)CCCl)cc1C(C[C@H](CC(=O)O)NC(=O)OC(C)(C)C)C(C)(C)C. The fraction of sp³-hybridized carbons (Fsp3) is 0.680. The fourth-order valence-corrected chi connectivity index (χ4v) is 4.29. The van der Waals surface area contributed by atoms with Crippen LogP contribution in [0.3, 0.4) is 0 Å². The molecule has 8 heteroatoms. The van der Waals surface area contributed by atoms with Crippen molar-refractivity contribution in [2.24, 2.45) is 5.41 Å². The van der Waals surface area contributed by atoms with Crippen molar-refractivity contribution in [2.75, 3.05) is 29.7 Å². The molecule has 1 unspecified atom stereocenters. The summed E-state index contributed by atoms with van der Waals surface area (Å²) in [6, 6.07) is 5.71. The largest absolute Gasteiger partial charge is 0.481 e. The maximum absolute atomic E-state index is 12.4. The van der Waals surface area contributed by atoms with Crippen LogP contribution in [-0.4, -0.2) is 53.7 Å². The Morgan fingerprint density at radius 2 is 1.67 bits per heavy atom. The molecule has 0 aromatic heterocycles. The number of carboxylic acids is 1. The molecule has 0 aliphatic heterocycles. The van der Waals surface area contributed by atoms with Crippen LogP contribution in [0.1, 0.15) is 71.4 Å².